The zero-order valence-electron chi connectivity index (χ0n) is 17.8. The Morgan fingerprint density at radius 1 is 0.485 bits per heavy atom. The Morgan fingerprint density at radius 2 is 1.18 bits per heavy atom. The van der Waals surface area contributed by atoms with Crippen molar-refractivity contribution in [3.63, 3.8) is 0 Å². The Hall–Kier alpha value is -4.50. The monoisotopic (exact) mass is 421 g/mol. The van der Waals surface area contributed by atoms with Crippen LogP contribution in [-0.2, 0) is 0 Å². The van der Waals surface area contributed by atoms with E-state index in [2.05, 4.69) is 102 Å². The lowest BCUT2D eigenvalue weighted by Gasteiger charge is -2.12. The second kappa shape index (κ2) is 7.01. The Labute approximate surface area is 190 Å². The lowest BCUT2D eigenvalue weighted by Crippen LogP contribution is -2.03. The van der Waals surface area contributed by atoms with Crippen molar-refractivity contribution in [1.82, 2.24) is 14.5 Å². The molecule has 0 bridgehead atoms. The fourth-order valence-electron chi connectivity index (χ4n) is 4.92. The highest BCUT2D eigenvalue weighted by Crippen LogP contribution is 2.36. The first-order valence-electron chi connectivity index (χ1n) is 11.1. The van der Waals surface area contributed by atoms with Gasteiger partial charge in [0.25, 0.3) is 0 Å². The first-order valence-corrected chi connectivity index (χ1v) is 11.1. The van der Waals surface area contributed by atoms with Gasteiger partial charge in [0.2, 0.25) is 5.95 Å². The number of rotatable bonds is 2. The average Bonchev–Trinajstić information content (AvgIpc) is 3.23. The van der Waals surface area contributed by atoms with E-state index >= 15 is 0 Å². The molecular weight excluding hydrogens is 402 g/mol. The van der Waals surface area contributed by atoms with Crippen LogP contribution in [0.2, 0.25) is 0 Å². The van der Waals surface area contributed by atoms with Gasteiger partial charge in [-0.3, -0.25) is 4.57 Å². The van der Waals surface area contributed by atoms with Crippen LogP contribution in [0.4, 0.5) is 0 Å². The molecule has 7 rings (SSSR count). The lowest BCUT2D eigenvalue weighted by molar-refractivity contribution is 1.02. The minimum absolute atomic E-state index is 0.690. The van der Waals surface area contributed by atoms with Crippen molar-refractivity contribution in [2.75, 3.05) is 0 Å². The number of para-hydroxylation sites is 2. The molecule has 2 heterocycles. The highest BCUT2D eigenvalue weighted by atomic mass is 15.2. The van der Waals surface area contributed by atoms with Crippen molar-refractivity contribution in [2.45, 2.75) is 0 Å². The van der Waals surface area contributed by atoms with Gasteiger partial charge in [0, 0.05) is 27.1 Å². The van der Waals surface area contributed by atoms with Gasteiger partial charge in [0.15, 0.2) is 0 Å². The molecular formula is C30H19N3. The molecule has 3 heteroatoms. The van der Waals surface area contributed by atoms with Crippen molar-refractivity contribution in [2.24, 2.45) is 0 Å². The van der Waals surface area contributed by atoms with E-state index in [1.165, 1.54) is 21.5 Å². The highest BCUT2D eigenvalue weighted by molar-refractivity contribution is 6.18. The van der Waals surface area contributed by atoms with E-state index in [4.69, 9.17) is 9.97 Å². The molecule has 7 aromatic rings. The summed E-state index contributed by atoms with van der Waals surface area (Å²) in [4.78, 5) is 10.2. The quantitative estimate of drug-likeness (QED) is 0.289. The second-order valence-corrected chi connectivity index (χ2v) is 8.29. The van der Waals surface area contributed by atoms with E-state index < -0.39 is 0 Å². The summed E-state index contributed by atoms with van der Waals surface area (Å²) in [5.74, 6) is 0.690. The Bertz CT molecular complexity index is 1810. The van der Waals surface area contributed by atoms with Gasteiger partial charge in [-0.2, -0.15) is 0 Å². The summed E-state index contributed by atoms with van der Waals surface area (Å²) in [6, 6.07) is 40.1. The van der Waals surface area contributed by atoms with Crippen LogP contribution in [0, 0.1) is 0 Å². The van der Waals surface area contributed by atoms with Crippen LogP contribution in [0.25, 0.3) is 60.7 Å². The van der Waals surface area contributed by atoms with E-state index in [9.17, 15) is 0 Å². The summed E-state index contributed by atoms with van der Waals surface area (Å²) < 4.78 is 2.23. The Morgan fingerprint density at radius 3 is 2.06 bits per heavy atom. The first-order chi connectivity index (χ1) is 16.4. The SMILES string of the molecule is c1ccc(-c2nc(-n3c4ccccc4c4ccc5ccccc5c43)nc3ccccc23)cc1. The molecule has 0 aliphatic rings. The maximum Gasteiger partial charge on any atom is 0.235 e. The maximum atomic E-state index is 5.17. The molecule has 0 N–H and O–H groups in total. The number of nitrogens with zero attached hydrogens (tertiary/aromatic N) is 3. The summed E-state index contributed by atoms with van der Waals surface area (Å²) >= 11 is 0. The molecule has 0 saturated heterocycles. The van der Waals surface area contributed by atoms with Gasteiger partial charge in [-0.25, -0.2) is 9.97 Å². The highest BCUT2D eigenvalue weighted by Gasteiger charge is 2.18. The van der Waals surface area contributed by atoms with Gasteiger partial charge >= 0.3 is 0 Å². The predicted molar refractivity (Wildman–Crippen MR) is 137 cm³/mol. The van der Waals surface area contributed by atoms with Crippen molar-refractivity contribution in [3.05, 3.63) is 115 Å². The zero-order valence-corrected chi connectivity index (χ0v) is 17.8. The standard InChI is InChI=1S/C30H19N3/c1-2-11-21(12-3-1)28-25-15-6-8-16-26(25)31-30(32-28)33-27-17-9-7-14-23(27)24-19-18-20-10-4-5-13-22(20)29(24)33/h1-19H. The fourth-order valence-corrected chi connectivity index (χ4v) is 4.92. The average molecular weight is 422 g/mol. The van der Waals surface area contributed by atoms with Crippen LogP contribution in [0.5, 0.6) is 0 Å². The number of fused-ring (bicyclic) bond motifs is 6. The Balaban J connectivity index is 1.67. The zero-order chi connectivity index (χ0) is 21.8. The summed E-state index contributed by atoms with van der Waals surface area (Å²) in [5.41, 5.74) is 5.22. The topological polar surface area (TPSA) is 30.7 Å². The molecule has 154 valence electrons. The van der Waals surface area contributed by atoms with Crippen molar-refractivity contribution < 1.29 is 0 Å². The van der Waals surface area contributed by atoms with Crippen LogP contribution < -0.4 is 0 Å². The molecule has 0 aliphatic heterocycles. The van der Waals surface area contributed by atoms with Gasteiger partial charge in [-0.05, 0) is 17.5 Å². The molecule has 3 nitrogen and oxygen atoms in total. The molecule has 5 aromatic carbocycles. The van der Waals surface area contributed by atoms with Gasteiger partial charge < -0.3 is 0 Å². The molecule has 33 heavy (non-hydrogen) atoms. The smallest absolute Gasteiger partial charge is 0.235 e. The van der Waals surface area contributed by atoms with E-state index in [-0.39, 0.29) is 0 Å². The summed E-state index contributed by atoms with van der Waals surface area (Å²) in [6.45, 7) is 0. The summed E-state index contributed by atoms with van der Waals surface area (Å²) in [6.07, 6.45) is 0. The summed E-state index contributed by atoms with van der Waals surface area (Å²) in [7, 11) is 0. The third-order valence-corrected chi connectivity index (χ3v) is 6.40. The van der Waals surface area contributed by atoms with Crippen LogP contribution >= 0.6 is 0 Å². The van der Waals surface area contributed by atoms with Crippen LogP contribution in [0.1, 0.15) is 0 Å². The third-order valence-electron chi connectivity index (χ3n) is 6.40. The number of aromatic nitrogens is 3. The number of benzene rings is 5. The number of hydrogen-bond donors (Lipinski definition) is 0. The van der Waals surface area contributed by atoms with Gasteiger partial charge in [-0.15, -0.1) is 0 Å². The van der Waals surface area contributed by atoms with Gasteiger partial charge in [0.05, 0.1) is 22.2 Å². The van der Waals surface area contributed by atoms with Crippen molar-refractivity contribution in [3.8, 4) is 17.2 Å². The summed E-state index contributed by atoms with van der Waals surface area (Å²) in [5, 5.41) is 5.87. The van der Waals surface area contributed by atoms with Gasteiger partial charge in [0.1, 0.15) is 0 Å². The molecule has 0 fully saturated rings. The Kier molecular flexibility index (Phi) is 3.84. The molecule has 0 spiro atoms. The first kappa shape index (κ1) is 18.1. The molecule has 2 aromatic heterocycles. The predicted octanol–water partition coefficient (Wildman–Crippen LogP) is 7.55. The third kappa shape index (κ3) is 2.69. The van der Waals surface area contributed by atoms with E-state index in [0.29, 0.717) is 5.95 Å². The van der Waals surface area contributed by atoms with E-state index in [1.807, 2.05) is 18.2 Å². The van der Waals surface area contributed by atoms with Gasteiger partial charge in [-0.1, -0.05) is 103 Å². The largest absolute Gasteiger partial charge is 0.277 e. The molecule has 0 unspecified atom stereocenters. The van der Waals surface area contributed by atoms with Crippen LogP contribution in [0.3, 0.4) is 0 Å². The van der Waals surface area contributed by atoms with Crippen LogP contribution in [-0.4, -0.2) is 14.5 Å². The fraction of sp³-hybridized carbons (Fsp3) is 0. The molecule has 0 amide bonds. The van der Waals surface area contributed by atoms with Crippen molar-refractivity contribution >= 4 is 43.5 Å². The minimum Gasteiger partial charge on any atom is -0.277 e. The van der Waals surface area contributed by atoms with E-state index in [1.54, 1.807) is 0 Å². The molecule has 0 atom stereocenters. The van der Waals surface area contributed by atoms with Crippen LogP contribution in [0.15, 0.2) is 115 Å². The second-order valence-electron chi connectivity index (χ2n) is 8.29. The minimum atomic E-state index is 0.690. The van der Waals surface area contributed by atoms with Crippen molar-refractivity contribution in [1.29, 1.82) is 0 Å². The molecule has 0 radical (unpaired) electrons. The molecule has 0 saturated carbocycles. The van der Waals surface area contributed by atoms with E-state index in [0.717, 1.165) is 33.2 Å². The lowest BCUT2D eigenvalue weighted by atomic mass is 10.1. The maximum absolute atomic E-state index is 5.17. The molecule has 0 aliphatic carbocycles. The number of hydrogen-bond acceptors (Lipinski definition) is 2. The normalized spacial score (nSPS) is 11.6.